The first-order valence-corrected chi connectivity index (χ1v) is 21.8. The van der Waals surface area contributed by atoms with E-state index in [0.29, 0.717) is 0 Å². The summed E-state index contributed by atoms with van der Waals surface area (Å²) >= 11 is 0. The Bertz CT molecular complexity index is 2460. The standard InChI is InChI=1S/C50H56N4O5/c1-2-3-4-5-6-7-8-9-10-18-31-53-41-23-16-14-21-38(41)39-32-35(25-30-42(39)53)48-52-40-22-15-17-24-43(40)54(48)37-28-26-36(27-29-37)51-49-46(56)45(55)47-44(58-49)33-57-50(59-47)34-19-12-11-13-20-34/h11-17,19-30,32,44-47,49-51,55-56H,2-10,18,31,33H2,1H3/t44-,45-,46-,47-,49-,50?/m1/s1. The number of rotatable bonds is 16. The summed E-state index contributed by atoms with van der Waals surface area (Å²) in [5, 5.41) is 28.1. The molecule has 9 heteroatoms. The molecule has 0 spiro atoms. The third-order valence-corrected chi connectivity index (χ3v) is 12.2. The van der Waals surface area contributed by atoms with Crippen LogP contribution in [0.4, 0.5) is 5.69 Å². The number of para-hydroxylation sites is 3. The van der Waals surface area contributed by atoms with Crippen LogP contribution in [0.1, 0.15) is 83.0 Å². The largest absolute Gasteiger partial charge is 0.387 e. The number of nitrogens with zero attached hydrogens (tertiary/aromatic N) is 3. The van der Waals surface area contributed by atoms with E-state index >= 15 is 0 Å². The van der Waals surface area contributed by atoms with Gasteiger partial charge in [0.15, 0.2) is 12.5 Å². The van der Waals surface area contributed by atoms with Crippen molar-refractivity contribution >= 4 is 38.5 Å². The lowest BCUT2D eigenvalue weighted by atomic mass is 9.97. The lowest BCUT2D eigenvalue weighted by molar-refractivity contribution is -0.325. The lowest BCUT2D eigenvalue weighted by Gasteiger charge is -2.46. The van der Waals surface area contributed by atoms with Crippen LogP contribution in [0.5, 0.6) is 0 Å². The Morgan fingerprint density at radius 1 is 0.661 bits per heavy atom. The molecule has 9 rings (SSSR count). The van der Waals surface area contributed by atoms with Crippen LogP contribution >= 0.6 is 0 Å². The van der Waals surface area contributed by atoms with Gasteiger partial charge in [-0.15, -0.1) is 0 Å². The van der Waals surface area contributed by atoms with Gasteiger partial charge in [0.25, 0.3) is 0 Å². The molecule has 2 fully saturated rings. The van der Waals surface area contributed by atoms with Crippen molar-refractivity contribution in [3.05, 3.63) is 127 Å². The number of unbranched alkanes of at least 4 members (excludes halogenated alkanes) is 9. The van der Waals surface area contributed by atoms with E-state index in [0.717, 1.165) is 45.9 Å². The minimum atomic E-state index is -1.22. The Morgan fingerprint density at radius 3 is 2.12 bits per heavy atom. The smallest absolute Gasteiger partial charge is 0.184 e. The molecule has 2 aliphatic rings. The van der Waals surface area contributed by atoms with Crippen LogP contribution in [-0.4, -0.2) is 61.6 Å². The summed E-state index contributed by atoms with van der Waals surface area (Å²) in [6, 6.07) is 41.4. The van der Waals surface area contributed by atoms with E-state index in [4.69, 9.17) is 19.2 Å². The number of nitrogens with one attached hydrogen (secondary N) is 1. The molecule has 0 aliphatic carbocycles. The molecule has 0 amide bonds. The second-order valence-corrected chi connectivity index (χ2v) is 16.3. The molecule has 2 aromatic heterocycles. The molecule has 0 bridgehead atoms. The van der Waals surface area contributed by atoms with Crippen LogP contribution < -0.4 is 5.32 Å². The Balaban J connectivity index is 0.920. The first-order chi connectivity index (χ1) is 29.1. The van der Waals surface area contributed by atoms with E-state index in [1.807, 2.05) is 66.7 Å². The van der Waals surface area contributed by atoms with Gasteiger partial charge in [0, 0.05) is 50.9 Å². The summed E-state index contributed by atoms with van der Waals surface area (Å²) in [5.74, 6) is 0.867. The van der Waals surface area contributed by atoms with E-state index in [1.54, 1.807) is 0 Å². The van der Waals surface area contributed by atoms with Crippen LogP contribution in [0.15, 0.2) is 121 Å². The van der Waals surface area contributed by atoms with Crippen molar-refractivity contribution in [2.45, 2.75) is 115 Å². The second kappa shape index (κ2) is 18.1. The number of aromatic nitrogens is 3. The fourth-order valence-corrected chi connectivity index (χ4v) is 9.05. The molecule has 2 saturated heterocycles. The van der Waals surface area contributed by atoms with Gasteiger partial charge in [-0.25, -0.2) is 4.98 Å². The predicted octanol–water partition coefficient (Wildman–Crippen LogP) is 10.7. The highest BCUT2D eigenvalue weighted by atomic mass is 16.7. The van der Waals surface area contributed by atoms with Crippen molar-refractivity contribution in [3.8, 4) is 17.1 Å². The highest BCUT2D eigenvalue weighted by Crippen LogP contribution is 2.37. The van der Waals surface area contributed by atoms with Gasteiger partial charge in [0.05, 0.1) is 17.6 Å². The normalized spacial score (nSPS) is 21.9. The van der Waals surface area contributed by atoms with Gasteiger partial charge in [0.2, 0.25) is 0 Å². The molecular formula is C50H56N4O5. The summed E-state index contributed by atoms with van der Waals surface area (Å²) < 4.78 is 23.0. The van der Waals surface area contributed by atoms with E-state index in [2.05, 4.69) is 76.0 Å². The SMILES string of the molecule is CCCCCCCCCCCCn1c2ccccc2c2cc(-c3nc4ccccc4n3-c3ccc(N[C@@H]4O[C@@H]5COC(c6ccccc6)O[C@H]5[C@H](O)[C@H]4O)cc3)ccc21. The Morgan fingerprint density at radius 2 is 1.34 bits per heavy atom. The molecule has 306 valence electrons. The van der Waals surface area contributed by atoms with E-state index < -0.39 is 36.9 Å². The summed E-state index contributed by atoms with van der Waals surface area (Å²) in [7, 11) is 0. The monoisotopic (exact) mass is 792 g/mol. The number of hydrogen-bond acceptors (Lipinski definition) is 7. The minimum Gasteiger partial charge on any atom is -0.387 e. The zero-order valence-electron chi connectivity index (χ0n) is 34.0. The van der Waals surface area contributed by atoms with Gasteiger partial charge in [-0.05, 0) is 67.1 Å². The number of anilines is 1. The van der Waals surface area contributed by atoms with Crippen LogP contribution in [0.25, 0.3) is 49.9 Å². The van der Waals surface area contributed by atoms with Gasteiger partial charge in [-0.3, -0.25) is 4.57 Å². The highest BCUT2D eigenvalue weighted by Gasteiger charge is 2.49. The average molecular weight is 793 g/mol. The zero-order valence-corrected chi connectivity index (χ0v) is 34.0. The molecule has 6 atom stereocenters. The first kappa shape index (κ1) is 39.4. The van der Waals surface area contributed by atoms with Crippen molar-refractivity contribution in [3.63, 3.8) is 0 Å². The van der Waals surface area contributed by atoms with Crippen molar-refractivity contribution < 1.29 is 24.4 Å². The summed E-state index contributed by atoms with van der Waals surface area (Å²) in [6.07, 6.45) is 8.14. The third-order valence-electron chi connectivity index (χ3n) is 12.2. The lowest BCUT2D eigenvalue weighted by Crippen LogP contribution is -2.63. The second-order valence-electron chi connectivity index (χ2n) is 16.3. The number of aryl methyl sites for hydroxylation is 1. The predicted molar refractivity (Wildman–Crippen MR) is 236 cm³/mol. The molecule has 0 radical (unpaired) electrons. The van der Waals surface area contributed by atoms with Crippen molar-refractivity contribution in [2.24, 2.45) is 0 Å². The summed E-state index contributed by atoms with van der Waals surface area (Å²) in [4.78, 5) is 5.19. The van der Waals surface area contributed by atoms with Gasteiger partial charge < -0.3 is 34.3 Å². The van der Waals surface area contributed by atoms with Crippen molar-refractivity contribution in [1.82, 2.24) is 14.1 Å². The Labute approximate surface area is 346 Å². The molecular weight excluding hydrogens is 737 g/mol. The summed E-state index contributed by atoms with van der Waals surface area (Å²) in [5.41, 5.74) is 8.06. The fourth-order valence-electron chi connectivity index (χ4n) is 9.05. The van der Waals surface area contributed by atoms with Crippen molar-refractivity contribution in [1.29, 1.82) is 0 Å². The first-order valence-electron chi connectivity index (χ1n) is 21.8. The van der Waals surface area contributed by atoms with Crippen LogP contribution in [-0.2, 0) is 20.8 Å². The van der Waals surface area contributed by atoms with Crippen LogP contribution in [0.3, 0.4) is 0 Å². The Kier molecular flexibility index (Phi) is 12.1. The van der Waals surface area contributed by atoms with Gasteiger partial charge in [-0.2, -0.15) is 0 Å². The number of imidazole rings is 1. The molecule has 4 heterocycles. The molecule has 5 aromatic carbocycles. The van der Waals surface area contributed by atoms with Crippen LogP contribution in [0.2, 0.25) is 0 Å². The van der Waals surface area contributed by atoms with E-state index in [-0.39, 0.29) is 6.61 Å². The number of benzene rings is 5. The zero-order chi connectivity index (χ0) is 40.1. The number of aliphatic hydroxyl groups is 2. The average Bonchev–Trinajstić information content (AvgIpc) is 3.82. The fraction of sp³-hybridized carbons (Fsp3) is 0.380. The maximum absolute atomic E-state index is 11.2. The molecule has 2 aliphatic heterocycles. The molecule has 0 saturated carbocycles. The number of ether oxygens (including phenoxy) is 3. The minimum absolute atomic E-state index is 0.229. The number of hydrogen-bond donors (Lipinski definition) is 3. The summed E-state index contributed by atoms with van der Waals surface area (Å²) in [6.45, 7) is 3.52. The molecule has 3 N–H and O–H groups in total. The molecule has 7 aromatic rings. The van der Waals surface area contributed by atoms with Gasteiger partial charge in [-0.1, -0.05) is 125 Å². The quantitative estimate of drug-likeness (QED) is 0.0837. The maximum Gasteiger partial charge on any atom is 0.184 e. The van der Waals surface area contributed by atoms with Crippen molar-refractivity contribution in [2.75, 3.05) is 11.9 Å². The molecule has 9 nitrogen and oxygen atoms in total. The third kappa shape index (κ3) is 8.27. The van der Waals surface area contributed by atoms with Gasteiger partial charge in [0.1, 0.15) is 30.2 Å². The molecule has 1 unspecified atom stereocenters. The molecule has 59 heavy (non-hydrogen) atoms. The Hall–Kier alpha value is -5.03. The topological polar surface area (TPSA) is 103 Å². The number of aliphatic hydroxyl groups excluding tert-OH is 2. The van der Waals surface area contributed by atoms with Gasteiger partial charge >= 0.3 is 0 Å². The van der Waals surface area contributed by atoms with E-state index in [1.165, 1.54) is 86.0 Å². The van der Waals surface area contributed by atoms with Crippen LogP contribution in [0, 0.1) is 0 Å². The van der Waals surface area contributed by atoms with E-state index in [9.17, 15) is 10.2 Å². The number of fused-ring (bicyclic) bond motifs is 5. The maximum atomic E-state index is 11.2. The highest BCUT2D eigenvalue weighted by molar-refractivity contribution is 6.09.